The number of rotatable bonds is 6. The van der Waals surface area contributed by atoms with E-state index in [0.29, 0.717) is 10.9 Å². The molecule has 0 unspecified atom stereocenters. The Bertz CT molecular complexity index is 1200. The van der Waals surface area contributed by atoms with Gasteiger partial charge in [0.05, 0.1) is 5.52 Å². The number of nitrogens with one attached hydrogen (secondary N) is 1. The van der Waals surface area contributed by atoms with E-state index < -0.39 is 5.91 Å². The lowest BCUT2D eigenvalue weighted by Gasteiger charge is -2.03. The second-order valence-electron chi connectivity index (χ2n) is 6.69. The van der Waals surface area contributed by atoms with E-state index in [0.717, 1.165) is 27.1 Å². The lowest BCUT2D eigenvalue weighted by molar-refractivity contribution is 0.0995. The third-order valence-electron chi connectivity index (χ3n) is 4.54. The largest absolute Gasteiger partial charge is 0.493 e. The van der Waals surface area contributed by atoms with Gasteiger partial charge in [-0.3, -0.25) is 4.79 Å². The molecule has 0 aliphatic carbocycles. The van der Waals surface area contributed by atoms with Crippen molar-refractivity contribution in [3.05, 3.63) is 94.0 Å². The molecule has 0 saturated carbocycles. The Balaban J connectivity index is 1.40. The van der Waals surface area contributed by atoms with Crippen LogP contribution in [-0.4, -0.2) is 16.0 Å². The Morgan fingerprint density at radius 3 is 2.40 bits per heavy atom. The number of benzene rings is 3. The molecule has 2 N–H and O–H groups in total. The molecule has 0 fully saturated rings. The van der Waals surface area contributed by atoms with E-state index in [-0.39, 0.29) is 11.6 Å². The second kappa shape index (κ2) is 9.28. The first-order valence-electron chi connectivity index (χ1n) is 9.27. The molecule has 0 bridgehead atoms. The van der Waals surface area contributed by atoms with Crippen LogP contribution < -0.4 is 0 Å². The summed E-state index contributed by atoms with van der Waals surface area (Å²) in [5, 5.41) is 18.5. The zero-order chi connectivity index (χ0) is 20.9. The van der Waals surface area contributed by atoms with Crippen molar-refractivity contribution in [2.24, 2.45) is 10.2 Å². The van der Waals surface area contributed by atoms with E-state index in [1.54, 1.807) is 12.1 Å². The molecule has 0 aliphatic rings. The van der Waals surface area contributed by atoms with Crippen molar-refractivity contribution in [3.8, 4) is 5.88 Å². The molecule has 3 aromatic carbocycles. The molecule has 4 rings (SSSR count). The van der Waals surface area contributed by atoms with E-state index in [4.69, 9.17) is 0 Å². The minimum atomic E-state index is -0.456. The van der Waals surface area contributed by atoms with E-state index in [1.807, 2.05) is 60.3 Å². The van der Waals surface area contributed by atoms with Crippen molar-refractivity contribution in [1.29, 1.82) is 0 Å². The lowest BCUT2D eigenvalue weighted by atomic mass is 10.1. The zero-order valence-electron chi connectivity index (χ0n) is 15.9. The Kier molecular flexibility index (Phi) is 6.30. The van der Waals surface area contributed by atoms with Crippen LogP contribution >= 0.6 is 27.7 Å². The average molecular weight is 480 g/mol. The molecule has 0 spiro atoms. The molecule has 0 aliphatic heterocycles. The van der Waals surface area contributed by atoms with Gasteiger partial charge in [0.1, 0.15) is 0 Å². The van der Waals surface area contributed by atoms with Crippen LogP contribution in [0.1, 0.15) is 21.5 Å². The number of carbonyl (C=O) groups is 1. The molecule has 5 nitrogen and oxygen atoms in total. The van der Waals surface area contributed by atoms with Crippen LogP contribution in [-0.2, 0) is 11.5 Å². The first-order valence-corrected chi connectivity index (χ1v) is 11.2. The van der Waals surface area contributed by atoms with Crippen LogP contribution in [0.25, 0.3) is 10.9 Å². The molecule has 1 amide bonds. The summed E-state index contributed by atoms with van der Waals surface area (Å²) in [5.41, 5.74) is 3.85. The SMILES string of the molecule is O=C(N=Nc1c(O)[nH]c2ccc(Br)cc12)c1ccc(CSCc2ccccc2)cc1. The van der Waals surface area contributed by atoms with E-state index in [9.17, 15) is 9.90 Å². The fourth-order valence-electron chi connectivity index (χ4n) is 2.99. The summed E-state index contributed by atoms with van der Waals surface area (Å²) in [6.45, 7) is 0. The first kappa shape index (κ1) is 20.4. The van der Waals surface area contributed by atoms with Crippen molar-refractivity contribution >= 4 is 50.2 Å². The molecule has 0 atom stereocenters. The number of H-pyrrole nitrogens is 1. The number of aromatic hydroxyl groups is 1. The van der Waals surface area contributed by atoms with Gasteiger partial charge in [-0.2, -0.15) is 11.8 Å². The Labute approximate surface area is 186 Å². The van der Waals surface area contributed by atoms with Gasteiger partial charge in [-0.15, -0.1) is 10.2 Å². The number of halogens is 1. The molecule has 4 aromatic rings. The number of amides is 1. The number of thioether (sulfide) groups is 1. The summed E-state index contributed by atoms with van der Waals surface area (Å²) in [7, 11) is 0. The monoisotopic (exact) mass is 479 g/mol. The topological polar surface area (TPSA) is 77.8 Å². The van der Waals surface area contributed by atoms with Gasteiger partial charge >= 0.3 is 0 Å². The van der Waals surface area contributed by atoms with Crippen LogP contribution in [0.15, 0.2) is 87.5 Å². The predicted molar refractivity (Wildman–Crippen MR) is 124 cm³/mol. The van der Waals surface area contributed by atoms with Crippen molar-refractivity contribution in [2.75, 3.05) is 0 Å². The fourth-order valence-corrected chi connectivity index (χ4v) is 4.31. The van der Waals surface area contributed by atoms with Gasteiger partial charge in [-0.25, -0.2) is 0 Å². The summed E-state index contributed by atoms with van der Waals surface area (Å²) in [6, 6.07) is 23.2. The lowest BCUT2D eigenvalue weighted by Crippen LogP contribution is -1.94. The maximum Gasteiger partial charge on any atom is 0.295 e. The fraction of sp³-hybridized carbons (Fsp3) is 0.0870. The number of fused-ring (bicyclic) bond motifs is 1. The van der Waals surface area contributed by atoms with Gasteiger partial charge in [-0.1, -0.05) is 58.4 Å². The minimum absolute atomic E-state index is 0.120. The average Bonchev–Trinajstić information content (AvgIpc) is 3.07. The number of aromatic nitrogens is 1. The molecular formula is C23H18BrN3O2S. The van der Waals surface area contributed by atoms with Crippen LogP contribution in [0.2, 0.25) is 0 Å². The summed E-state index contributed by atoms with van der Waals surface area (Å²) in [4.78, 5) is 15.2. The number of hydrogen-bond acceptors (Lipinski definition) is 4. The van der Waals surface area contributed by atoms with Crippen molar-refractivity contribution in [2.45, 2.75) is 11.5 Å². The second-order valence-corrected chi connectivity index (χ2v) is 8.59. The highest BCUT2D eigenvalue weighted by molar-refractivity contribution is 9.10. The molecule has 7 heteroatoms. The number of nitrogens with zero attached hydrogens (tertiary/aromatic N) is 2. The summed E-state index contributed by atoms with van der Waals surface area (Å²) >= 11 is 5.22. The van der Waals surface area contributed by atoms with Gasteiger partial charge in [0.2, 0.25) is 5.88 Å². The molecule has 1 heterocycles. The van der Waals surface area contributed by atoms with Crippen molar-refractivity contribution in [3.63, 3.8) is 0 Å². The van der Waals surface area contributed by atoms with Crippen LogP contribution in [0, 0.1) is 0 Å². The Morgan fingerprint density at radius 2 is 1.67 bits per heavy atom. The Hall–Kier alpha value is -2.90. The third kappa shape index (κ3) is 4.80. The standard InChI is InChI=1S/C23H18BrN3O2S/c24-18-10-11-20-19(12-18)21(23(29)25-20)26-27-22(28)17-8-6-16(7-9-17)14-30-13-15-4-2-1-3-5-15/h1-12,25,29H,13-14H2. The Morgan fingerprint density at radius 1 is 0.967 bits per heavy atom. The quantitative estimate of drug-likeness (QED) is 0.292. The maximum absolute atomic E-state index is 12.4. The van der Waals surface area contributed by atoms with E-state index >= 15 is 0 Å². The molecule has 30 heavy (non-hydrogen) atoms. The van der Waals surface area contributed by atoms with Crippen LogP contribution in [0.5, 0.6) is 5.88 Å². The number of carbonyl (C=O) groups excluding carboxylic acids is 1. The predicted octanol–water partition coefficient (Wildman–Crippen LogP) is 6.99. The van der Waals surface area contributed by atoms with Crippen molar-refractivity contribution in [1.82, 2.24) is 4.98 Å². The van der Waals surface area contributed by atoms with Crippen molar-refractivity contribution < 1.29 is 9.90 Å². The number of azo groups is 1. The zero-order valence-corrected chi connectivity index (χ0v) is 18.3. The smallest absolute Gasteiger partial charge is 0.295 e. The normalized spacial score (nSPS) is 11.4. The number of aromatic amines is 1. The summed E-state index contributed by atoms with van der Waals surface area (Å²) < 4.78 is 0.845. The highest BCUT2D eigenvalue weighted by Crippen LogP contribution is 2.36. The maximum atomic E-state index is 12.4. The summed E-state index contributed by atoms with van der Waals surface area (Å²) in [6.07, 6.45) is 0. The molecule has 0 radical (unpaired) electrons. The van der Waals surface area contributed by atoms with Gasteiger partial charge < -0.3 is 10.1 Å². The highest BCUT2D eigenvalue weighted by atomic mass is 79.9. The third-order valence-corrected chi connectivity index (χ3v) is 6.10. The van der Waals surface area contributed by atoms with Gasteiger partial charge in [0.15, 0.2) is 5.69 Å². The molecule has 150 valence electrons. The highest BCUT2D eigenvalue weighted by Gasteiger charge is 2.12. The van der Waals surface area contributed by atoms with Gasteiger partial charge in [0.25, 0.3) is 5.91 Å². The van der Waals surface area contributed by atoms with Crippen LogP contribution in [0.4, 0.5) is 5.69 Å². The van der Waals surface area contributed by atoms with Gasteiger partial charge in [-0.05, 0) is 41.5 Å². The summed E-state index contributed by atoms with van der Waals surface area (Å²) in [5.74, 6) is 1.23. The number of hydrogen-bond donors (Lipinski definition) is 2. The van der Waals surface area contributed by atoms with Gasteiger partial charge in [0, 0.05) is 26.9 Å². The molecular weight excluding hydrogens is 462 g/mol. The van der Waals surface area contributed by atoms with E-state index in [2.05, 4.69) is 43.3 Å². The van der Waals surface area contributed by atoms with Crippen LogP contribution in [0.3, 0.4) is 0 Å². The minimum Gasteiger partial charge on any atom is -0.493 e. The first-order chi connectivity index (χ1) is 14.6. The molecule has 1 aromatic heterocycles. The van der Waals surface area contributed by atoms with E-state index in [1.165, 1.54) is 5.56 Å². The molecule has 0 saturated heterocycles.